The zero-order valence-electron chi connectivity index (χ0n) is 9.75. The number of hydrogen-bond acceptors (Lipinski definition) is 5. The second-order valence-corrected chi connectivity index (χ2v) is 4.19. The van der Waals surface area contributed by atoms with Crippen molar-refractivity contribution in [2.45, 2.75) is 26.3 Å². The summed E-state index contributed by atoms with van der Waals surface area (Å²) in [5.41, 5.74) is 1.98. The molecule has 0 saturated heterocycles. The van der Waals surface area contributed by atoms with Crippen LogP contribution >= 0.6 is 12.1 Å². The molecule has 0 fully saturated rings. The number of hydroxylamine groups is 1. The fourth-order valence-electron chi connectivity index (χ4n) is 1.38. The van der Waals surface area contributed by atoms with Crippen LogP contribution in [0.5, 0.6) is 0 Å². The molecule has 1 aromatic heterocycles. The first-order chi connectivity index (χ1) is 8.33. The third kappa shape index (κ3) is 2.78. The molecular weight excluding hydrogens is 234 g/mol. The zero-order valence-corrected chi connectivity index (χ0v) is 10.6. The van der Waals surface area contributed by atoms with Gasteiger partial charge in [-0.05, 0) is 23.5 Å². The first-order valence-corrected chi connectivity index (χ1v) is 6.15. The summed E-state index contributed by atoms with van der Waals surface area (Å²) in [6.45, 7) is 4.01. The van der Waals surface area contributed by atoms with Crippen molar-refractivity contribution < 1.29 is 4.84 Å². The molecule has 0 radical (unpaired) electrons. The molecule has 0 bridgehead atoms. The molecule has 1 aromatic rings. The second-order valence-electron chi connectivity index (χ2n) is 3.48. The van der Waals surface area contributed by atoms with Gasteiger partial charge in [-0.3, -0.25) is 4.98 Å². The van der Waals surface area contributed by atoms with Gasteiger partial charge in [0, 0.05) is 24.4 Å². The standard InChI is InChI=1S/C12H13N3OS/c1-3-4-8-16-15-10(2)12(14-17-15)11-6-5-7-13-9-11/h5-7,9-10H,3H2,1-2H3. The number of nitrogens with zero attached hydrogens (tertiary/aromatic N) is 3. The smallest absolute Gasteiger partial charge is 0.139 e. The molecule has 17 heavy (non-hydrogen) atoms. The summed E-state index contributed by atoms with van der Waals surface area (Å²) in [5.74, 6) is 2.86. The largest absolute Gasteiger partial charge is 0.340 e. The molecule has 0 aromatic carbocycles. The van der Waals surface area contributed by atoms with Gasteiger partial charge in [-0.1, -0.05) is 12.8 Å². The summed E-state index contributed by atoms with van der Waals surface area (Å²) < 4.78 is 6.06. The number of rotatable bonds is 2. The molecule has 0 amide bonds. The Labute approximate surface area is 105 Å². The first kappa shape index (κ1) is 12.0. The van der Waals surface area contributed by atoms with Gasteiger partial charge in [0.25, 0.3) is 0 Å². The zero-order chi connectivity index (χ0) is 12.1. The van der Waals surface area contributed by atoms with Gasteiger partial charge in [0.2, 0.25) is 0 Å². The predicted octanol–water partition coefficient (Wildman–Crippen LogP) is 2.44. The Hall–Kier alpha value is -1.51. The van der Waals surface area contributed by atoms with E-state index in [2.05, 4.69) is 21.4 Å². The molecule has 2 rings (SSSR count). The van der Waals surface area contributed by atoms with Crippen LogP contribution in [0.4, 0.5) is 0 Å². The first-order valence-electron chi connectivity index (χ1n) is 5.42. The van der Waals surface area contributed by atoms with Crippen LogP contribution in [0.25, 0.3) is 0 Å². The number of hydrogen-bond donors (Lipinski definition) is 0. The van der Waals surface area contributed by atoms with E-state index in [0.717, 1.165) is 17.7 Å². The maximum absolute atomic E-state index is 5.31. The summed E-state index contributed by atoms with van der Waals surface area (Å²) >= 11 is 1.27. The van der Waals surface area contributed by atoms with Crippen molar-refractivity contribution in [2.24, 2.45) is 4.40 Å². The van der Waals surface area contributed by atoms with E-state index in [9.17, 15) is 0 Å². The Bertz CT molecular complexity index is 464. The highest BCUT2D eigenvalue weighted by Crippen LogP contribution is 2.27. The normalized spacial score (nSPS) is 19.4. The lowest BCUT2D eigenvalue weighted by Gasteiger charge is -2.15. The third-order valence-electron chi connectivity index (χ3n) is 2.27. The van der Waals surface area contributed by atoms with E-state index in [4.69, 9.17) is 4.84 Å². The molecule has 5 heteroatoms. The van der Waals surface area contributed by atoms with Crippen molar-refractivity contribution >= 4 is 17.8 Å². The quantitative estimate of drug-likeness (QED) is 0.594. The van der Waals surface area contributed by atoms with Crippen LogP contribution in [-0.4, -0.2) is 21.2 Å². The molecule has 1 aliphatic rings. The van der Waals surface area contributed by atoms with E-state index in [1.807, 2.05) is 26.0 Å². The van der Waals surface area contributed by atoms with Gasteiger partial charge in [-0.2, -0.15) is 4.40 Å². The molecule has 1 unspecified atom stereocenters. The second kappa shape index (κ2) is 5.71. The monoisotopic (exact) mass is 247 g/mol. The molecular formula is C12H13N3OS. The van der Waals surface area contributed by atoms with Crippen molar-refractivity contribution in [3.63, 3.8) is 0 Å². The van der Waals surface area contributed by atoms with Gasteiger partial charge in [0.1, 0.15) is 24.3 Å². The third-order valence-corrected chi connectivity index (χ3v) is 3.10. The van der Waals surface area contributed by atoms with E-state index >= 15 is 0 Å². The molecule has 0 aliphatic carbocycles. The summed E-state index contributed by atoms with van der Waals surface area (Å²) in [6, 6.07) is 3.95. The SMILES string of the molecule is CCC#CON1SN=C(c2cccnc2)C1C. The van der Waals surface area contributed by atoms with Gasteiger partial charge < -0.3 is 4.84 Å². The van der Waals surface area contributed by atoms with Crippen LogP contribution in [0.15, 0.2) is 28.9 Å². The highest BCUT2D eigenvalue weighted by atomic mass is 32.2. The molecule has 0 N–H and O–H groups in total. The van der Waals surface area contributed by atoms with Gasteiger partial charge >= 0.3 is 0 Å². The maximum Gasteiger partial charge on any atom is 0.139 e. The van der Waals surface area contributed by atoms with Gasteiger partial charge in [-0.25, -0.2) is 0 Å². The highest BCUT2D eigenvalue weighted by Gasteiger charge is 2.29. The molecule has 4 nitrogen and oxygen atoms in total. The minimum absolute atomic E-state index is 0.0651. The van der Waals surface area contributed by atoms with Crippen molar-refractivity contribution in [3.05, 3.63) is 30.1 Å². The Morgan fingerprint density at radius 2 is 2.47 bits per heavy atom. The van der Waals surface area contributed by atoms with Crippen molar-refractivity contribution in [1.82, 2.24) is 9.45 Å². The fourth-order valence-corrected chi connectivity index (χ4v) is 2.12. The lowest BCUT2D eigenvalue weighted by molar-refractivity contribution is 0.00609. The lowest BCUT2D eigenvalue weighted by Crippen LogP contribution is -2.28. The number of pyridine rings is 1. The molecule has 1 aliphatic heterocycles. The van der Waals surface area contributed by atoms with Crippen LogP contribution in [0.2, 0.25) is 0 Å². The van der Waals surface area contributed by atoms with Gasteiger partial charge in [0.05, 0.1) is 5.71 Å². The van der Waals surface area contributed by atoms with Crippen LogP contribution in [0.1, 0.15) is 25.8 Å². The van der Waals surface area contributed by atoms with Crippen LogP contribution in [0.3, 0.4) is 0 Å². The van der Waals surface area contributed by atoms with Crippen LogP contribution in [0, 0.1) is 12.0 Å². The molecule has 0 spiro atoms. The minimum Gasteiger partial charge on any atom is -0.340 e. The van der Waals surface area contributed by atoms with E-state index in [1.54, 1.807) is 16.9 Å². The molecule has 2 heterocycles. The average molecular weight is 247 g/mol. The Balaban J connectivity index is 2.04. The summed E-state index contributed by atoms with van der Waals surface area (Å²) in [7, 11) is 0. The van der Waals surface area contributed by atoms with Crippen LogP contribution < -0.4 is 0 Å². The molecule has 0 saturated carbocycles. The lowest BCUT2D eigenvalue weighted by atomic mass is 10.1. The van der Waals surface area contributed by atoms with Gasteiger partial charge in [0.15, 0.2) is 0 Å². The predicted molar refractivity (Wildman–Crippen MR) is 68.8 cm³/mol. The van der Waals surface area contributed by atoms with Crippen molar-refractivity contribution in [3.8, 4) is 12.0 Å². The van der Waals surface area contributed by atoms with Crippen molar-refractivity contribution in [1.29, 1.82) is 0 Å². The summed E-state index contributed by atoms with van der Waals surface area (Å²) in [5, 5.41) is 0. The van der Waals surface area contributed by atoms with E-state index < -0.39 is 0 Å². The van der Waals surface area contributed by atoms with E-state index in [0.29, 0.717) is 0 Å². The summed E-state index contributed by atoms with van der Waals surface area (Å²) in [6.07, 6.45) is 6.98. The minimum atomic E-state index is 0.0651. The van der Waals surface area contributed by atoms with Crippen molar-refractivity contribution in [2.75, 3.05) is 0 Å². The Morgan fingerprint density at radius 1 is 1.59 bits per heavy atom. The maximum atomic E-state index is 5.31. The summed E-state index contributed by atoms with van der Waals surface area (Å²) in [4.78, 5) is 9.39. The highest BCUT2D eigenvalue weighted by molar-refractivity contribution is 7.96. The topological polar surface area (TPSA) is 37.7 Å². The van der Waals surface area contributed by atoms with E-state index in [-0.39, 0.29) is 6.04 Å². The number of aromatic nitrogens is 1. The molecule has 88 valence electrons. The molecule has 1 atom stereocenters. The van der Waals surface area contributed by atoms with Gasteiger partial charge in [-0.15, -0.1) is 0 Å². The van der Waals surface area contributed by atoms with Crippen LogP contribution in [-0.2, 0) is 4.84 Å². The Morgan fingerprint density at radius 3 is 3.18 bits per heavy atom. The average Bonchev–Trinajstić information content (AvgIpc) is 2.73. The van der Waals surface area contributed by atoms with E-state index in [1.165, 1.54) is 12.1 Å². The Kier molecular flexibility index (Phi) is 4.02. The fraction of sp³-hybridized carbons (Fsp3) is 0.333.